The van der Waals surface area contributed by atoms with Gasteiger partial charge in [0.15, 0.2) is 0 Å². The fourth-order valence-corrected chi connectivity index (χ4v) is 2.15. The molecule has 0 bridgehead atoms. The van der Waals surface area contributed by atoms with Gasteiger partial charge < -0.3 is 5.73 Å². The van der Waals surface area contributed by atoms with Crippen LogP contribution in [-0.2, 0) is 0 Å². The molecule has 3 N–H and O–H groups in total. The molecular formula is C11H10BrClN4. The smallest absolute Gasteiger partial charge is 0.123 e. The zero-order valence-electron chi connectivity index (χ0n) is 9.04. The van der Waals surface area contributed by atoms with Crippen LogP contribution in [-0.4, -0.2) is 15.6 Å². The van der Waals surface area contributed by atoms with E-state index in [1.54, 1.807) is 16.9 Å². The Morgan fingerprint density at radius 1 is 1.53 bits per heavy atom. The van der Waals surface area contributed by atoms with Gasteiger partial charge in [-0.15, -0.1) is 0 Å². The molecule has 0 amide bonds. The van der Waals surface area contributed by atoms with Crippen molar-refractivity contribution < 1.29 is 0 Å². The van der Waals surface area contributed by atoms with Gasteiger partial charge in [-0.05, 0) is 41.1 Å². The highest BCUT2D eigenvalue weighted by Crippen LogP contribution is 2.22. The second-order valence-corrected chi connectivity index (χ2v) is 4.85. The minimum atomic E-state index is 0.0260. The van der Waals surface area contributed by atoms with E-state index in [0.29, 0.717) is 10.6 Å². The Morgan fingerprint density at radius 2 is 2.24 bits per heavy atom. The predicted molar refractivity (Wildman–Crippen MR) is 72.0 cm³/mol. The second kappa shape index (κ2) is 4.50. The van der Waals surface area contributed by atoms with Crippen molar-refractivity contribution in [1.82, 2.24) is 9.78 Å². The summed E-state index contributed by atoms with van der Waals surface area (Å²) in [5.41, 5.74) is 7.73. The summed E-state index contributed by atoms with van der Waals surface area (Å²) >= 11 is 9.33. The number of aryl methyl sites for hydroxylation is 1. The van der Waals surface area contributed by atoms with E-state index >= 15 is 0 Å². The van der Waals surface area contributed by atoms with Gasteiger partial charge in [-0.25, -0.2) is 4.68 Å². The molecule has 0 atom stereocenters. The summed E-state index contributed by atoms with van der Waals surface area (Å²) in [6, 6.07) is 5.45. The highest BCUT2D eigenvalue weighted by molar-refractivity contribution is 9.10. The van der Waals surface area contributed by atoms with Gasteiger partial charge in [0.2, 0.25) is 0 Å². The summed E-state index contributed by atoms with van der Waals surface area (Å²) in [5.74, 6) is 0.0260. The molecule has 0 aliphatic heterocycles. The Balaban J connectivity index is 2.47. The van der Waals surface area contributed by atoms with E-state index in [2.05, 4.69) is 21.0 Å². The fraction of sp³-hybridized carbons (Fsp3) is 0.0909. The lowest BCUT2D eigenvalue weighted by Crippen LogP contribution is -2.12. The van der Waals surface area contributed by atoms with Crippen LogP contribution in [0.25, 0.3) is 5.69 Å². The van der Waals surface area contributed by atoms with E-state index < -0.39 is 0 Å². The summed E-state index contributed by atoms with van der Waals surface area (Å²) in [4.78, 5) is 0. The molecule has 0 aliphatic carbocycles. The van der Waals surface area contributed by atoms with Gasteiger partial charge in [-0.1, -0.05) is 11.6 Å². The number of nitrogens with zero attached hydrogens (tertiary/aromatic N) is 2. The van der Waals surface area contributed by atoms with Crippen molar-refractivity contribution in [2.75, 3.05) is 0 Å². The van der Waals surface area contributed by atoms with Gasteiger partial charge in [-0.3, -0.25) is 5.41 Å². The molecule has 6 heteroatoms. The Kier molecular flexibility index (Phi) is 3.22. The standard InChI is InChI=1S/C11H10BrClN4/c1-6-10(13)5-17(16-6)7-2-3-8(11(14)15)9(12)4-7/h2-5H,1H3,(H3,14,15). The zero-order valence-corrected chi connectivity index (χ0v) is 11.4. The first kappa shape index (κ1) is 12.1. The maximum atomic E-state index is 7.39. The van der Waals surface area contributed by atoms with Crippen molar-refractivity contribution in [3.8, 4) is 5.69 Å². The maximum Gasteiger partial charge on any atom is 0.123 e. The minimum absolute atomic E-state index is 0.0260. The normalized spacial score (nSPS) is 10.5. The zero-order chi connectivity index (χ0) is 12.6. The first-order chi connectivity index (χ1) is 7.99. The Bertz CT molecular complexity index is 572. The largest absolute Gasteiger partial charge is 0.384 e. The number of nitrogens with two attached hydrogens (primary N) is 1. The summed E-state index contributed by atoms with van der Waals surface area (Å²) in [6.07, 6.45) is 1.74. The number of nitrogen functional groups attached to an aromatic ring is 1. The van der Waals surface area contributed by atoms with Crippen LogP contribution in [0.3, 0.4) is 0 Å². The summed E-state index contributed by atoms with van der Waals surface area (Å²) in [5, 5.41) is 12.3. The minimum Gasteiger partial charge on any atom is -0.384 e. The van der Waals surface area contributed by atoms with Crippen LogP contribution in [0.15, 0.2) is 28.9 Å². The monoisotopic (exact) mass is 312 g/mol. The van der Waals surface area contributed by atoms with Crippen molar-refractivity contribution in [2.45, 2.75) is 6.92 Å². The van der Waals surface area contributed by atoms with E-state index in [0.717, 1.165) is 15.9 Å². The molecule has 1 aromatic heterocycles. The van der Waals surface area contributed by atoms with E-state index in [-0.39, 0.29) is 5.84 Å². The molecule has 88 valence electrons. The summed E-state index contributed by atoms with van der Waals surface area (Å²) < 4.78 is 2.44. The molecule has 0 unspecified atom stereocenters. The average molecular weight is 314 g/mol. The Morgan fingerprint density at radius 3 is 2.71 bits per heavy atom. The van der Waals surface area contributed by atoms with Gasteiger partial charge in [0, 0.05) is 16.2 Å². The number of halogens is 2. The van der Waals surface area contributed by atoms with Crippen LogP contribution in [0, 0.1) is 12.3 Å². The third-order valence-electron chi connectivity index (χ3n) is 2.35. The molecule has 1 heterocycles. The van der Waals surface area contributed by atoms with Crippen molar-refractivity contribution in [2.24, 2.45) is 5.73 Å². The molecule has 0 saturated carbocycles. The highest BCUT2D eigenvalue weighted by Gasteiger charge is 2.07. The lowest BCUT2D eigenvalue weighted by atomic mass is 10.2. The molecule has 2 rings (SSSR count). The van der Waals surface area contributed by atoms with E-state index in [1.165, 1.54) is 0 Å². The summed E-state index contributed by atoms with van der Waals surface area (Å²) in [7, 11) is 0. The van der Waals surface area contributed by atoms with Crippen molar-refractivity contribution >= 4 is 33.4 Å². The number of benzene rings is 1. The number of hydrogen-bond acceptors (Lipinski definition) is 2. The topological polar surface area (TPSA) is 67.7 Å². The number of rotatable bonds is 2. The predicted octanol–water partition coefficient (Wildman–Crippen LogP) is 2.88. The lowest BCUT2D eigenvalue weighted by Gasteiger charge is -2.06. The first-order valence-corrected chi connectivity index (χ1v) is 6.02. The number of nitrogens with one attached hydrogen (secondary N) is 1. The molecule has 4 nitrogen and oxygen atoms in total. The molecule has 0 saturated heterocycles. The van der Waals surface area contributed by atoms with Gasteiger partial charge >= 0.3 is 0 Å². The lowest BCUT2D eigenvalue weighted by molar-refractivity contribution is 0.862. The van der Waals surface area contributed by atoms with Crippen LogP contribution >= 0.6 is 27.5 Å². The van der Waals surface area contributed by atoms with E-state index in [1.807, 2.05) is 19.1 Å². The number of aromatic nitrogens is 2. The number of hydrogen-bond donors (Lipinski definition) is 2. The SMILES string of the molecule is Cc1nn(-c2ccc(C(=N)N)c(Br)c2)cc1Cl. The van der Waals surface area contributed by atoms with Crippen LogP contribution in [0.2, 0.25) is 5.02 Å². The van der Waals surface area contributed by atoms with Crippen LogP contribution in [0.4, 0.5) is 0 Å². The molecule has 0 aliphatic rings. The second-order valence-electron chi connectivity index (χ2n) is 3.58. The van der Waals surface area contributed by atoms with Gasteiger partial charge in [-0.2, -0.15) is 5.10 Å². The van der Waals surface area contributed by atoms with Crippen LogP contribution < -0.4 is 5.73 Å². The maximum absolute atomic E-state index is 7.39. The molecule has 0 fully saturated rings. The van der Waals surface area contributed by atoms with E-state index in [4.69, 9.17) is 22.7 Å². The fourth-order valence-electron chi connectivity index (χ4n) is 1.44. The van der Waals surface area contributed by atoms with Crippen molar-refractivity contribution in [3.05, 3.63) is 45.1 Å². The molecular weight excluding hydrogens is 304 g/mol. The molecule has 2 aromatic rings. The summed E-state index contributed by atoms with van der Waals surface area (Å²) in [6.45, 7) is 1.85. The molecule has 0 radical (unpaired) electrons. The van der Waals surface area contributed by atoms with Crippen molar-refractivity contribution in [3.63, 3.8) is 0 Å². The van der Waals surface area contributed by atoms with Crippen LogP contribution in [0.5, 0.6) is 0 Å². The van der Waals surface area contributed by atoms with Gasteiger partial charge in [0.1, 0.15) is 5.84 Å². The molecule has 17 heavy (non-hydrogen) atoms. The molecule has 0 spiro atoms. The first-order valence-electron chi connectivity index (χ1n) is 4.85. The van der Waals surface area contributed by atoms with Gasteiger partial charge in [0.25, 0.3) is 0 Å². The third kappa shape index (κ3) is 2.35. The average Bonchev–Trinajstić information content (AvgIpc) is 2.58. The number of amidine groups is 1. The van der Waals surface area contributed by atoms with Crippen molar-refractivity contribution in [1.29, 1.82) is 5.41 Å². The van der Waals surface area contributed by atoms with Gasteiger partial charge in [0.05, 0.1) is 16.4 Å². The van der Waals surface area contributed by atoms with Crippen LogP contribution in [0.1, 0.15) is 11.3 Å². The van der Waals surface area contributed by atoms with E-state index in [9.17, 15) is 0 Å². The molecule has 1 aromatic carbocycles. The Hall–Kier alpha value is -1.33. The quantitative estimate of drug-likeness (QED) is 0.661. The highest BCUT2D eigenvalue weighted by atomic mass is 79.9. The third-order valence-corrected chi connectivity index (χ3v) is 3.37. The Labute approximate surface area is 112 Å².